The molecule has 0 spiro atoms. The topological polar surface area (TPSA) is 102 Å². The lowest BCUT2D eigenvalue weighted by atomic mass is 10.0. The van der Waals surface area contributed by atoms with Crippen molar-refractivity contribution in [2.75, 3.05) is 5.73 Å². The Bertz CT molecular complexity index is 1380. The van der Waals surface area contributed by atoms with Gasteiger partial charge >= 0.3 is 0 Å². The first-order valence-electron chi connectivity index (χ1n) is 9.57. The molecule has 0 saturated carbocycles. The number of benzene rings is 1. The molecule has 0 amide bonds. The SMILES string of the molecule is Nc1ncccc1-c1nc2ccc(-c3ccc(F)cn3)nn2c1-c1ccc(CO)cc1. The van der Waals surface area contributed by atoms with E-state index in [4.69, 9.17) is 15.8 Å². The van der Waals surface area contributed by atoms with Gasteiger partial charge in [-0.05, 0) is 42.0 Å². The summed E-state index contributed by atoms with van der Waals surface area (Å²) in [5, 5.41) is 14.1. The quantitative estimate of drug-likeness (QED) is 0.466. The summed E-state index contributed by atoms with van der Waals surface area (Å²) in [5.74, 6) is -0.0500. The van der Waals surface area contributed by atoms with Crippen molar-refractivity contribution in [1.29, 1.82) is 0 Å². The van der Waals surface area contributed by atoms with Crippen molar-refractivity contribution < 1.29 is 9.50 Å². The Morgan fingerprint density at radius 1 is 0.935 bits per heavy atom. The number of aliphatic hydroxyl groups excluding tert-OH is 1. The lowest BCUT2D eigenvalue weighted by Gasteiger charge is -2.08. The smallest absolute Gasteiger partial charge is 0.155 e. The van der Waals surface area contributed by atoms with E-state index < -0.39 is 5.82 Å². The summed E-state index contributed by atoms with van der Waals surface area (Å²) in [6.07, 6.45) is 2.78. The normalized spacial score (nSPS) is 11.2. The van der Waals surface area contributed by atoms with Crippen molar-refractivity contribution in [3.63, 3.8) is 0 Å². The number of aromatic nitrogens is 5. The van der Waals surface area contributed by atoms with E-state index in [0.717, 1.165) is 23.0 Å². The number of halogens is 1. The van der Waals surface area contributed by atoms with Crippen molar-refractivity contribution in [2.24, 2.45) is 0 Å². The third kappa shape index (κ3) is 3.38. The van der Waals surface area contributed by atoms with Gasteiger partial charge in [-0.25, -0.2) is 18.9 Å². The highest BCUT2D eigenvalue weighted by molar-refractivity contribution is 5.86. The van der Waals surface area contributed by atoms with Crippen molar-refractivity contribution in [1.82, 2.24) is 24.6 Å². The molecule has 0 radical (unpaired) electrons. The standard InChI is InChI=1S/C23H17FN6O/c24-16-7-8-18(27-12-16)19-9-10-20-28-21(17-2-1-11-26-23(17)25)22(30(20)29-19)15-5-3-14(13-31)4-6-15/h1-12,31H,13H2,(H2,25,26). The van der Waals surface area contributed by atoms with Crippen LogP contribution in [0.5, 0.6) is 0 Å². The minimum atomic E-state index is -0.411. The van der Waals surface area contributed by atoms with Crippen LogP contribution in [0.1, 0.15) is 5.56 Å². The van der Waals surface area contributed by atoms with Crippen LogP contribution in [0.2, 0.25) is 0 Å². The minimum Gasteiger partial charge on any atom is -0.392 e. The summed E-state index contributed by atoms with van der Waals surface area (Å²) < 4.78 is 15.0. The van der Waals surface area contributed by atoms with E-state index in [1.54, 1.807) is 28.9 Å². The molecule has 0 aliphatic rings. The van der Waals surface area contributed by atoms with Crippen LogP contribution in [-0.4, -0.2) is 29.7 Å². The van der Waals surface area contributed by atoms with Crippen molar-refractivity contribution in [3.8, 4) is 33.9 Å². The summed E-state index contributed by atoms with van der Waals surface area (Å²) in [4.78, 5) is 13.1. The zero-order chi connectivity index (χ0) is 21.4. The number of pyridine rings is 2. The van der Waals surface area contributed by atoms with Gasteiger partial charge in [0.15, 0.2) is 5.65 Å². The Morgan fingerprint density at radius 3 is 2.45 bits per heavy atom. The summed E-state index contributed by atoms with van der Waals surface area (Å²) in [6.45, 7) is -0.0471. The molecule has 5 rings (SSSR count). The van der Waals surface area contributed by atoms with Crippen LogP contribution < -0.4 is 5.73 Å². The number of hydrogen-bond donors (Lipinski definition) is 2. The maximum absolute atomic E-state index is 13.3. The lowest BCUT2D eigenvalue weighted by Crippen LogP contribution is -1.99. The summed E-state index contributed by atoms with van der Waals surface area (Å²) in [6, 6.07) is 17.7. The number of imidazole rings is 1. The average molecular weight is 412 g/mol. The van der Waals surface area contributed by atoms with Crippen molar-refractivity contribution in [3.05, 3.63) is 84.4 Å². The number of nitrogens with two attached hydrogens (primary N) is 1. The van der Waals surface area contributed by atoms with Crippen LogP contribution in [0.4, 0.5) is 10.2 Å². The van der Waals surface area contributed by atoms with Crippen LogP contribution in [0.3, 0.4) is 0 Å². The van der Waals surface area contributed by atoms with E-state index in [1.807, 2.05) is 36.4 Å². The Kier molecular flexibility index (Phi) is 4.61. The Labute approximate surface area is 176 Å². The molecule has 0 bridgehead atoms. The third-order valence-corrected chi connectivity index (χ3v) is 4.97. The second-order valence-corrected chi connectivity index (χ2v) is 6.95. The first-order chi connectivity index (χ1) is 15.1. The molecule has 5 aromatic rings. The first-order valence-corrected chi connectivity index (χ1v) is 9.57. The molecule has 1 aromatic carbocycles. The minimum absolute atomic E-state index is 0.0471. The number of nitrogen functional groups attached to an aromatic ring is 1. The molecule has 8 heteroatoms. The highest BCUT2D eigenvalue weighted by Gasteiger charge is 2.20. The van der Waals surface area contributed by atoms with Gasteiger partial charge in [0.05, 0.1) is 18.5 Å². The molecule has 7 nitrogen and oxygen atoms in total. The number of fused-ring (bicyclic) bond motifs is 1. The van der Waals surface area contributed by atoms with Crippen LogP contribution in [-0.2, 0) is 6.61 Å². The molecule has 31 heavy (non-hydrogen) atoms. The van der Waals surface area contributed by atoms with Crippen LogP contribution in [0.25, 0.3) is 39.5 Å². The number of anilines is 1. The molecular formula is C23H17FN6O. The maximum atomic E-state index is 13.3. The van der Waals surface area contributed by atoms with Gasteiger partial charge < -0.3 is 10.8 Å². The summed E-state index contributed by atoms with van der Waals surface area (Å²) in [7, 11) is 0. The molecule has 0 atom stereocenters. The number of rotatable bonds is 4. The maximum Gasteiger partial charge on any atom is 0.155 e. The van der Waals surface area contributed by atoms with Gasteiger partial charge in [-0.1, -0.05) is 24.3 Å². The molecule has 0 aliphatic carbocycles. The van der Waals surface area contributed by atoms with Gasteiger partial charge in [-0.2, -0.15) is 5.10 Å². The monoisotopic (exact) mass is 412 g/mol. The zero-order valence-corrected chi connectivity index (χ0v) is 16.3. The Balaban J connectivity index is 1.77. The molecule has 0 saturated heterocycles. The number of hydrogen-bond acceptors (Lipinski definition) is 6. The fourth-order valence-electron chi connectivity index (χ4n) is 3.43. The highest BCUT2D eigenvalue weighted by atomic mass is 19.1. The number of nitrogens with zero attached hydrogens (tertiary/aromatic N) is 5. The molecule has 0 unspecified atom stereocenters. The second kappa shape index (κ2) is 7.58. The van der Waals surface area contributed by atoms with E-state index in [9.17, 15) is 9.50 Å². The first kappa shape index (κ1) is 18.8. The Hall–Kier alpha value is -4.17. The zero-order valence-electron chi connectivity index (χ0n) is 16.3. The molecule has 4 aromatic heterocycles. The van der Waals surface area contributed by atoms with Crippen LogP contribution in [0.15, 0.2) is 73.1 Å². The van der Waals surface area contributed by atoms with E-state index in [2.05, 4.69) is 9.97 Å². The van der Waals surface area contributed by atoms with E-state index >= 15 is 0 Å². The van der Waals surface area contributed by atoms with Gasteiger partial charge in [0.25, 0.3) is 0 Å². The van der Waals surface area contributed by atoms with Gasteiger partial charge in [0, 0.05) is 17.3 Å². The summed E-state index contributed by atoms with van der Waals surface area (Å²) >= 11 is 0. The highest BCUT2D eigenvalue weighted by Crippen LogP contribution is 2.35. The predicted molar refractivity (Wildman–Crippen MR) is 115 cm³/mol. The van der Waals surface area contributed by atoms with Crippen molar-refractivity contribution >= 4 is 11.5 Å². The van der Waals surface area contributed by atoms with Crippen LogP contribution >= 0.6 is 0 Å². The largest absolute Gasteiger partial charge is 0.392 e. The predicted octanol–water partition coefficient (Wildman–Crippen LogP) is 3.73. The van der Waals surface area contributed by atoms with Crippen LogP contribution in [0, 0.1) is 5.82 Å². The Morgan fingerprint density at radius 2 is 1.74 bits per heavy atom. The molecule has 3 N–H and O–H groups in total. The van der Waals surface area contributed by atoms with Gasteiger partial charge in [-0.15, -0.1) is 0 Å². The molecule has 4 heterocycles. The molecule has 0 aliphatic heterocycles. The third-order valence-electron chi connectivity index (χ3n) is 4.97. The fourth-order valence-corrected chi connectivity index (χ4v) is 3.43. The van der Waals surface area contributed by atoms with E-state index in [1.165, 1.54) is 6.07 Å². The summed E-state index contributed by atoms with van der Waals surface area (Å²) in [5.41, 5.74) is 11.6. The second-order valence-electron chi connectivity index (χ2n) is 6.95. The van der Waals surface area contributed by atoms with Crippen molar-refractivity contribution in [2.45, 2.75) is 6.61 Å². The van der Waals surface area contributed by atoms with E-state index in [-0.39, 0.29) is 6.61 Å². The average Bonchev–Trinajstić information content (AvgIpc) is 3.18. The van der Waals surface area contributed by atoms with Gasteiger partial charge in [-0.3, -0.25) is 4.98 Å². The van der Waals surface area contributed by atoms with E-state index in [0.29, 0.717) is 34.1 Å². The fraction of sp³-hybridized carbons (Fsp3) is 0.0435. The number of aliphatic hydroxyl groups is 1. The molecule has 152 valence electrons. The van der Waals surface area contributed by atoms with Gasteiger partial charge in [0.2, 0.25) is 0 Å². The lowest BCUT2D eigenvalue weighted by molar-refractivity contribution is 0.282. The molecule has 0 fully saturated rings. The molecular weight excluding hydrogens is 395 g/mol. The van der Waals surface area contributed by atoms with Gasteiger partial charge in [0.1, 0.15) is 28.7 Å².